The van der Waals surface area contributed by atoms with Gasteiger partial charge in [0.15, 0.2) is 9.84 Å². The van der Waals surface area contributed by atoms with Gasteiger partial charge in [-0.3, -0.25) is 0 Å². The average Bonchev–Trinajstić information content (AvgIpc) is 2.55. The maximum atomic E-state index is 13.0. The molecule has 0 saturated carbocycles. The first-order valence-corrected chi connectivity index (χ1v) is 9.13. The second kappa shape index (κ2) is 4.68. The molecule has 1 fully saturated rings. The van der Waals surface area contributed by atoms with Crippen LogP contribution in [-0.2, 0) is 19.9 Å². The van der Waals surface area contributed by atoms with E-state index in [9.17, 15) is 21.2 Å². The standard InChI is InChI=1S/C11H15FN2O4S2/c1-11(4-5-19(15,16)7-11)14-20(17,18)8-2-3-9(12)10(13)6-8/h2-3,6,14H,4-5,7,13H2,1H3. The highest BCUT2D eigenvalue weighted by molar-refractivity contribution is 7.92. The summed E-state index contributed by atoms with van der Waals surface area (Å²) < 4.78 is 62.7. The van der Waals surface area contributed by atoms with E-state index < -0.39 is 31.2 Å². The molecule has 1 heterocycles. The minimum atomic E-state index is -3.95. The Kier molecular flexibility index (Phi) is 3.55. The molecule has 1 unspecified atom stereocenters. The smallest absolute Gasteiger partial charge is 0.241 e. The van der Waals surface area contributed by atoms with Crippen LogP contribution in [-0.4, -0.2) is 33.9 Å². The Balaban J connectivity index is 2.30. The van der Waals surface area contributed by atoms with E-state index in [0.717, 1.165) is 18.2 Å². The molecular weight excluding hydrogens is 307 g/mol. The zero-order valence-corrected chi connectivity index (χ0v) is 12.4. The van der Waals surface area contributed by atoms with Crippen molar-refractivity contribution in [1.29, 1.82) is 0 Å². The molecular formula is C11H15FN2O4S2. The second-order valence-electron chi connectivity index (χ2n) is 5.19. The van der Waals surface area contributed by atoms with Crippen LogP contribution in [0.2, 0.25) is 0 Å². The molecule has 20 heavy (non-hydrogen) atoms. The zero-order chi connectivity index (χ0) is 15.2. The van der Waals surface area contributed by atoms with E-state index in [2.05, 4.69) is 4.72 Å². The van der Waals surface area contributed by atoms with Crippen molar-refractivity contribution in [1.82, 2.24) is 4.72 Å². The normalized spacial score (nSPS) is 25.7. The van der Waals surface area contributed by atoms with Crippen LogP contribution in [0.1, 0.15) is 13.3 Å². The summed E-state index contributed by atoms with van der Waals surface area (Å²) in [7, 11) is -7.19. The van der Waals surface area contributed by atoms with E-state index in [4.69, 9.17) is 5.73 Å². The number of rotatable bonds is 3. The molecule has 0 radical (unpaired) electrons. The van der Waals surface area contributed by atoms with Crippen molar-refractivity contribution in [3.8, 4) is 0 Å². The largest absolute Gasteiger partial charge is 0.396 e. The van der Waals surface area contributed by atoms with Crippen LogP contribution in [0, 0.1) is 5.82 Å². The maximum Gasteiger partial charge on any atom is 0.241 e. The number of anilines is 1. The van der Waals surface area contributed by atoms with Crippen LogP contribution in [0.4, 0.5) is 10.1 Å². The number of nitrogens with two attached hydrogens (primary N) is 1. The molecule has 112 valence electrons. The molecule has 9 heteroatoms. The molecule has 1 aromatic carbocycles. The molecule has 1 aliphatic rings. The topological polar surface area (TPSA) is 106 Å². The Hall–Kier alpha value is -1.19. The van der Waals surface area contributed by atoms with Crippen molar-refractivity contribution < 1.29 is 21.2 Å². The summed E-state index contributed by atoms with van der Waals surface area (Å²) in [6.45, 7) is 1.53. The van der Waals surface area contributed by atoms with Gasteiger partial charge in [-0.1, -0.05) is 0 Å². The Morgan fingerprint density at radius 3 is 2.55 bits per heavy atom. The number of hydrogen-bond donors (Lipinski definition) is 2. The quantitative estimate of drug-likeness (QED) is 0.777. The molecule has 6 nitrogen and oxygen atoms in total. The fraction of sp³-hybridized carbons (Fsp3) is 0.455. The highest BCUT2D eigenvalue weighted by atomic mass is 32.2. The van der Waals surface area contributed by atoms with Crippen LogP contribution < -0.4 is 10.5 Å². The third-order valence-electron chi connectivity index (χ3n) is 3.16. The molecule has 0 amide bonds. The summed E-state index contributed by atoms with van der Waals surface area (Å²) in [5.74, 6) is -1.02. The molecule has 1 aliphatic heterocycles. The summed E-state index contributed by atoms with van der Waals surface area (Å²) in [5, 5.41) is 0. The van der Waals surface area contributed by atoms with Crippen LogP contribution >= 0.6 is 0 Å². The highest BCUT2D eigenvalue weighted by Gasteiger charge is 2.41. The predicted molar refractivity (Wildman–Crippen MR) is 72.8 cm³/mol. The van der Waals surface area contributed by atoms with Gasteiger partial charge < -0.3 is 5.73 Å². The van der Waals surface area contributed by atoms with E-state index in [0.29, 0.717) is 0 Å². The molecule has 0 aliphatic carbocycles. The van der Waals surface area contributed by atoms with Gasteiger partial charge in [0.1, 0.15) is 5.82 Å². The van der Waals surface area contributed by atoms with Gasteiger partial charge in [0.2, 0.25) is 10.0 Å². The Morgan fingerprint density at radius 1 is 1.40 bits per heavy atom. The lowest BCUT2D eigenvalue weighted by atomic mass is 10.0. The van der Waals surface area contributed by atoms with Crippen LogP contribution in [0.25, 0.3) is 0 Å². The number of sulfone groups is 1. The predicted octanol–water partition coefficient (Wildman–Crippen LogP) is 0.263. The number of sulfonamides is 1. The van der Waals surface area contributed by atoms with Gasteiger partial charge in [-0.15, -0.1) is 0 Å². The number of nitrogen functional groups attached to an aromatic ring is 1. The van der Waals surface area contributed by atoms with Crippen LogP contribution in [0.5, 0.6) is 0 Å². The number of benzene rings is 1. The first kappa shape index (κ1) is 15.2. The van der Waals surface area contributed by atoms with Gasteiger partial charge in [-0.2, -0.15) is 0 Å². The lowest BCUT2D eigenvalue weighted by Gasteiger charge is -2.23. The van der Waals surface area contributed by atoms with Gasteiger partial charge in [0.05, 0.1) is 22.1 Å². The van der Waals surface area contributed by atoms with Gasteiger partial charge in [-0.05, 0) is 31.5 Å². The van der Waals surface area contributed by atoms with Crippen molar-refractivity contribution in [2.45, 2.75) is 23.8 Å². The summed E-state index contributed by atoms with van der Waals surface area (Å²) in [6, 6.07) is 3.04. The van der Waals surface area contributed by atoms with Crippen molar-refractivity contribution >= 4 is 25.5 Å². The van der Waals surface area contributed by atoms with E-state index >= 15 is 0 Å². The Morgan fingerprint density at radius 2 is 2.05 bits per heavy atom. The van der Waals surface area contributed by atoms with Gasteiger partial charge >= 0.3 is 0 Å². The SMILES string of the molecule is CC1(NS(=O)(=O)c2ccc(F)c(N)c2)CCS(=O)(=O)C1. The first-order chi connectivity index (χ1) is 9.03. The first-order valence-electron chi connectivity index (χ1n) is 5.83. The number of halogens is 1. The second-order valence-corrected chi connectivity index (χ2v) is 9.06. The van der Waals surface area contributed by atoms with Crippen LogP contribution in [0.15, 0.2) is 23.1 Å². The molecule has 0 bridgehead atoms. The number of hydrogen-bond acceptors (Lipinski definition) is 5. The van der Waals surface area contributed by atoms with Crippen molar-refractivity contribution in [2.24, 2.45) is 0 Å². The minimum Gasteiger partial charge on any atom is -0.396 e. The lowest BCUT2D eigenvalue weighted by Crippen LogP contribution is -2.46. The molecule has 3 N–H and O–H groups in total. The van der Waals surface area contributed by atoms with Crippen molar-refractivity contribution in [3.05, 3.63) is 24.0 Å². The third-order valence-corrected chi connectivity index (χ3v) is 6.70. The van der Waals surface area contributed by atoms with Gasteiger partial charge in [-0.25, -0.2) is 25.9 Å². The van der Waals surface area contributed by atoms with E-state index in [-0.39, 0.29) is 28.5 Å². The fourth-order valence-corrected chi connectivity index (χ4v) is 5.82. The van der Waals surface area contributed by atoms with Crippen LogP contribution in [0.3, 0.4) is 0 Å². The van der Waals surface area contributed by atoms with E-state index in [1.807, 2.05) is 0 Å². The summed E-state index contributed by atoms with van der Waals surface area (Å²) in [4.78, 5) is -0.193. The summed E-state index contributed by atoms with van der Waals surface area (Å²) >= 11 is 0. The molecule has 1 atom stereocenters. The molecule has 1 saturated heterocycles. The van der Waals surface area contributed by atoms with E-state index in [1.54, 1.807) is 0 Å². The maximum absolute atomic E-state index is 13.0. The third kappa shape index (κ3) is 3.10. The lowest BCUT2D eigenvalue weighted by molar-refractivity contribution is 0.461. The molecule has 0 spiro atoms. The van der Waals surface area contributed by atoms with E-state index in [1.165, 1.54) is 6.92 Å². The number of nitrogens with one attached hydrogen (secondary N) is 1. The molecule has 2 rings (SSSR count). The summed E-state index contributed by atoms with van der Waals surface area (Å²) in [5.41, 5.74) is 4.00. The Labute approximate surface area is 117 Å². The molecule has 0 aromatic heterocycles. The fourth-order valence-electron chi connectivity index (χ4n) is 2.16. The monoisotopic (exact) mass is 322 g/mol. The van der Waals surface area contributed by atoms with Crippen molar-refractivity contribution in [2.75, 3.05) is 17.2 Å². The average molecular weight is 322 g/mol. The van der Waals surface area contributed by atoms with Gasteiger partial charge in [0.25, 0.3) is 0 Å². The summed E-state index contributed by atoms with van der Waals surface area (Å²) in [6.07, 6.45) is 0.200. The Bertz CT molecular complexity index is 746. The zero-order valence-electron chi connectivity index (χ0n) is 10.8. The van der Waals surface area contributed by atoms with Gasteiger partial charge in [0, 0.05) is 5.54 Å². The highest BCUT2D eigenvalue weighted by Crippen LogP contribution is 2.26. The minimum absolute atomic E-state index is 0.0580. The van der Waals surface area contributed by atoms with Crippen molar-refractivity contribution in [3.63, 3.8) is 0 Å². The molecule has 1 aromatic rings.